The summed E-state index contributed by atoms with van der Waals surface area (Å²) in [6.45, 7) is 5.17. The number of carbonyl (C=O) groups is 4. The molecule has 0 amide bonds. The normalized spacial score (nSPS) is 11.0. The number of aliphatic imine (C=N–C) groups is 2. The van der Waals surface area contributed by atoms with E-state index in [1.54, 1.807) is 219 Å². The van der Waals surface area contributed by atoms with Crippen molar-refractivity contribution in [2.75, 3.05) is 13.2 Å². The van der Waals surface area contributed by atoms with Crippen LogP contribution in [0.1, 0.15) is 88.9 Å². The second kappa shape index (κ2) is 48.2. The van der Waals surface area contributed by atoms with Gasteiger partial charge in [0.2, 0.25) is 0 Å². The van der Waals surface area contributed by atoms with Crippen LogP contribution in [0.4, 0.5) is 11.4 Å². The van der Waals surface area contributed by atoms with Gasteiger partial charge < -0.3 is 40.1 Å². The van der Waals surface area contributed by atoms with Gasteiger partial charge in [0.25, 0.3) is 0 Å². The molecule has 0 unspecified atom stereocenters. The molecule has 12 aromatic carbocycles. The Morgan fingerprint density at radius 3 is 0.746 bits per heavy atom. The number of ketones is 4. The summed E-state index contributed by atoms with van der Waals surface area (Å²) in [5, 5.41) is 72.3. The third kappa shape index (κ3) is 29.2. The number of hydrogen-bond donors (Lipinski definition) is 0. The first-order valence-electron chi connectivity index (χ1n) is 35.4. The quantitative estimate of drug-likeness (QED) is 0.0297. The van der Waals surface area contributed by atoms with Gasteiger partial charge >= 0.3 is 74.6 Å². The van der Waals surface area contributed by atoms with Crippen molar-refractivity contribution < 1.29 is 134 Å². The summed E-state index contributed by atoms with van der Waals surface area (Å²) in [5.74, 6) is -0.624. The number of pyridine rings is 2. The van der Waals surface area contributed by atoms with Crippen LogP contribution >= 0.6 is 0 Å². The zero-order valence-corrected chi connectivity index (χ0v) is 65.3. The molecule has 2 radical (unpaired) electrons. The molecule has 2 aromatic heterocycles. The molecule has 14 rings (SSSR count). The maximum atomic E-state index is 11.8. The van der Waals surface area contributed by atoms with Crippen LogP contribution in [0.25, 0.3) is 44.8 Å². The van der Waals surface area contributed by atoms with Crippen LogP contribution in [0.2, 0.25) is 0 Å². The first-order chi connectivity index (χ1) is 54.6. The average molecular weight is 1810 g/mol. The fourth-order valence-electron chi connectivity index (χ4n) is 10.2. The Bertz CT molecular complexity index is 4980. The van der Waals surface area contributed by atoms with Crippen LogP contribution in [0.15, 0.2) is 386 Å². The standard InChI is InChI=1S/2C18H16N2O2.4C15H12O2.2Er/c2*1-2-22-16-10-8-14(9-11-16)19-12-15-7-6-13-4-3-5-17(21)18(13)20-15;4*16-14(12-7-3-1-4-8-12)11-15(17)13-9-5-2-6-10-13;;/h2*3-12,21H,2H2,1H3;4*1-11,16H;;/q;;;;;;2*+3/p-6/b;;4*14-11-;;. The van der Waals surface area contributed by atoms with Crippen molar-refractivity contribution in [1.29, 1.82) is 0 Å². The Morgan fingerprint density at radius 2 is 0.518 bits per heavy atom. The van der Waals surface area contributed by atoms with Gasteiger partial charge in [-0.1, -0.05) is 326 Å². The molecule has 0 atom stereocenters. The second-order valence-corrected chi connectivity index (χ2v) is 23.9. The molecule has 574 valence electrons. The Balaban J connectivity index is 0.000000190. The number of hydrogen-bond acceptors (Lipinski definition) is 16. The number of fused-ring (bicyclic) bond motifs is 2. The van der Waals surface area contributed by atoms with Crippen LogP contribution in [0, 0.1) is 74.6 Å². The van der Waals surface area contributed by atoms with E-state index in [2.05, 4.69) is 20.0 Å². The SMILES string of the molecule is CCOc1ccc(N=Cc2ccc3cccc([O-])c3n2)cc1.CCOc1ccc(N=Cc2ccc3cccc([O-])c3n2)cc1.O=C(/C=C(\[O-])c1ccccc1)c1ccccc1.O=C(/C=C(\[O-])c1ccccc1)c1ccccc1.O=C(/C=C(\[O-])c1ccccc1)c1ccccc1.O=C(/C=C(\[O-])c1ccccc1)c1ccccc1.[Er+3].[Er+3]. The summed E-state index contributed by atoms with van der Waals surface area (Å²) in [4.78, 5) is 64.4. The minimum Gasteiger partial charge on any atom is -0.872 e. The van der Waals surface area contributed by atoms with Gasteiger partial charge in [-0.25, -0.2) is 9.97 Å². The van der Waals surface area contributed by atoms with Gasteiger partial charge in [-0.15, -0.1) is 0 Å². The fourth-order valence-corrected chi connectivity index (χ4v) is 10.2. The molecule has 18 heteroatoms. The molecule has 0 N–H and O–H groups in total. The number of carbonyl (C=O) groups excluding carboxylic acids is 4. The Morgan fingerprint density at radius 1 is 0.289 bits per heavy atom. The zero-order valence-electron chi connectivity index (χ0n) is 61.6. The smallest absolute Gasteiger partial charge is 0.872 e. The van der Waals surface area contributed by atoms with Crippen LogP contribution < -0.4 is 40.1 Å². The van der Waals surface area contributed by atoms with Crippen molar-refractivity contribution in [2.45, 2.75) is 13.8 Å². The Hall–Kier alpha value is -12.7. The molecule has 0 fully saturated rings. The maximum Gasteiger partial charge on any atom is 3.00 e. The van der Waals surface area contributed by atoms with Gasteiger partial charge in [0.15, 0.2) is 23.1 Å². The number of rotatable bonds is 20. The molecular formula is C96H74Er2N4O12. The van der Waals surface area contributed by atoms with Gasteiger partial charge in [0, 0.05) is 22.3 Å². The van der Waals surface area contributed by atoms with Crippen LogP contribution in [0.5, 0.6) is 23.0 Å². The molecule has 16 nitrogen and oxygen atoms in total. The molecule has 0 saturated carbocycles. The number of nitrogens with zero attached hydrogens (tertiary/aromatic N) is 4. The van der Waals surface area contributed by atoms with E-state index in [1.165, 1.54) is 12.1 Å². The van der Waals surface area contributed by atoms with E-state index in [9.17, 15) is 49.8 Å². The molecule has 14 aromatic rings. The van der Waals surface area contributed by atoms with Crippen LogP contribution in [0.3, 0.4) is 0 Å². The fraction of sp³-hybridized carbons (Fsp3) is 0.0417. The predicted octanol–water partition coefficient (Wildman–Crippen LogP) is 16.0. The Labute approximate surface area is 721 Å². The van der Waals surface area contributed by atoms with E-state index in [4.69, 9.17) is 9.47 Å². The third-order valence-corrected chi connectivity index (χ3v) is 15.9. The van der Waals surface area contributed by atoms with Gasteiger partial charge in [0.05, 0.1) is 59.4 Å². The molecule has 2 heterocycles. The van der Waals surface area contributed by atoms with E-state index in [1.807, 2.05) is 147 Å². The first kappa shape index (κ1) is 88.5. The first-order valence-corrected chi connectivity index (χ1v) is 35.4. The number of aromatic nitrogens is 2. The summed E-state index contributed by atoms with van der Waals surface area (Å²) in [7, 11) is 0. The average Bonchev–Trinajstić information content (AvgIpc) is 0.824. The van der Waals surface area contributed by atoms with Crippen molar-refractivity contribution in [1.82, 2.24) is 9.97 Å². The summed E-state index contributed by atoms with van der Waals surface area (Å²) in [6, 6.07) is 103. The largest absolute Gasteiger partial charge is 3.00 e. The summed E-state index contributed by atoms with van der Waals surface area (Å²) >= 11 is 0. The summed E-state index contributed by atoms with van der Waals surface area (Å²) < 4.78 is 10.8. The molecule has 0 aliphatic rings. The molecule has 114 heavy (non-hydrogen) atoms. The van der Waals surface area contributed by atoms with Gasteiger partial charge in [-0.3, -0.25) is 29.2 Å². The minimum absolute atomic E-state index is 0. The van der Waals surface area contributed by atoms with E-state index in [0.717, 1.165) is 58.0 Å². The van der Waals surface area contributed by atoms with Crippen molar-refractivity contribution >= 4 is 91.8 Å². The third-order valence-electron chi connectivity index (χ3n) is 15.9. The zero-order chi connectivity index (χ0) is 79.1. The topological polar surface area (TPSA) is 276 Å². The second-order valence-electron chi connectivity index (χ2n) is 23.9. The monoisotopic (exact) mass is 1810 g/mol. The van der Waals surface area contributed by atoms with Crippen molar-refractivity contribution in [3.63, 3.8) is 0 Å². The number of benzene rings is 12. The summed E-state index contributed by atoms with van der Waals surface area (Å²) in [6.07, 6.45) is 7.83. The van der Waals surface area contributed by atoms with Crippen LogP contribution in [-0.4, -0.2) is 58.7 Å². The summed E-state index contributed by atoms with van der Waals surface area (Å²) in [5.41, 5.74) is 8.07. The minimum atomic E-state index is -0.264. The maximum absolute atomic E-state index is 11.8. The molecule has 0 spiro atoms. The van der Waals surface area contributed by atoms with Gasteiger partial charge in [-0.05, 0) is 132 Å². The molecule has 0 aliphatic carbocycles. The van der Waals surface area contributed by atoms with E-state index in [0.29, 0.717) is 80.1 Å². The molecule has 0 aliphatic heterocycles. The molecular weight excluding hydrogens is 1740 g/mol. The number of allylic oxidation sites excluding steroid dienone is 4. The van der Waals surface area contributed by atoms with Gasteiger partial charge in [0.1, 0.15) is 11.5 Å². The van der Waals surface area contributed by atoms with E-state index in [-0.39, 0.29) is 132 Å². The van der Waals surface area contributed by atoms with Crippen molar-refractivity contribution in [3.8, 4) is 23.0 Å². The van der Waals surface area contributed by atoms with E-state index < -0.39 is 0 Å². The van der Waals surface area contributed by atoms with Crippen LogP contribution in [-0.2, 0) is 0 Å². The Kier molecular flexibility index (Phi) is 37.4. The molecule has 0 saturated heterocycles. The van der Waals surface area contributed by atoms with Gasteiger partial charge in [-0.2, -0.15) is 0 Å². The number of para-hydroxylation sites is 2. The van der Waals surface area contributed by atoms with Crippen molar-refractivity contribution in [2.24, 2.45) is 9.98 Å². The van der Waals surface area contributed by atoms with E-state index >= 15 is 0 Å². The number of ether oxygens (including phenoxy) is 2. The van der Waals surface area contributed by atoms with Crippen molar-refractivity contribution in [3.05, 3.63) is 432 Å². The molecule has 0 bridgehead atoms. The predicted molar refractivity (Wildman–Crippen MR) is 433 cm³/mol.